The molecular weight excluding hydrogens is 302 g/mol. The van der Waals surface area contributed by atoms with Crippen LogP contribution in [0.1, 0.15) is 49.4 Å². The summed E-state index contributed by atoms with van der Waals surface area (Å²) in [5.74, 6) is 0.0401. The van der Waals surface area contributed by atoms with Gasteiger partial charge in [0.05, 0.1) is 34.6 Å². The Kier molecular flexibility index (Phi) is 4.81. The van der Waals surface area contributed by atoms with E-state index in [1.54, 1.807) is 0 Å². The molecule has 0 aliphatic carbocycles. The number of carbonyl (C=O) groups is 1. The van der Waals surface area contributed by atoms with E-state index in [1.807, 2.05) is 36.9 Å². The van der Waals surface area contributed by atoms with Gasteiger partial charge in [0.25, 0.3) is 5.91 Å². The van der Waals surface area contributed by atoms with Crippen molar-refractivity contribution in [3.8, 4) is 0 Å². The highest BCUT2D eigenvalue weighted by molar-refractivity contribution is 5.97. The van der Waals surface area contributed by atoms with Gasteiger partial charge in [-0.3, -0.25) is 4.79 Å². The summed E-state index contributed by atoms with van der Waals surface area (Å²) in [6, 6.07) is 5.63. The van der Waals surface area contributed by atoms with E-state index >= 15 is 0 Å². The molecule has 3 rings (SSSR count). The Morgan fingerprint density at radius 1 is 1.08 bits per heavy atom. The lowest BCUT2D eigenvalue weighted by molar-refractivity contribution is -0.0586. The summed E-state index contributed by atoms with van der Waals surface area (Å²) >= 11 is 0. The summed E-state index contributed by atoms with van der Waals surface area (Å²) in [4.78, 5) is 24.1. The van der Waals surface area contributed by atoms with Crippen molar-refractivity contribution in [1.82, 2.24) is 14.9 Å². The third-order valence-electron chi connectivity index (χ3n) is 4.44. The molecule has 0 bridgehead atoms. The molecule has 1 aromatic carbocycles. The fourth-order valence-corrected chi connectivity index (χ4v) is 3.35. The first-order chi connectivity index (χ1) is 11.5. The molecule has 2 aromatic rings. The number of amides is 1. The molecule has 2 heterocycles. The van der Waals surface area contributed by atoms with Gasteiger partial charge in [-0.15, -0.1) is 0 Å². The predicted molar refractivity (Wildman–Crippen MR) is 94.2 cm³/mol. The number of aryl methyl sites for hydroxylation is 2. The van der Waals surface area contributed by atoms with Gasteiger partial charge in [-0.1, -0.05) is 13.8 Å². The monoisotopic (exact) mass is 327 g/mol. The maximum atomic E-state index is 12.8. The van der Waals surface area contributed by atoms with Crippen molar-refractivity contribution in [2.24, 2.45) is 0 Å². The predicted octanol–water partition coefficient (Wildman–Crippen LogP) is 3.00. The largest absolute Gasteiger partial charge is 0.372 e. The average molecular weight is 327 g/mol. The lowest BCUT2D eigenvalue weighted by Gasteiger charge is -2.35. The van der Waals surface area contributed by atoms with Crippen LogP contribution < -0.4 is 0 Å². The maximum absolute atomic E-state index is 12.8. The van der Waals surface area contributed by atoms with Gasteiger partial charge in [-0.2, -0.15) is 0 Å². The van der Waals surface area contributed by atoms with E-state index in [4.69, 9.17) is 14.7 Å². The zero-order valence-electron chi connectivity index (χ0n) is 14.9. The van der Waals surface area contributed by atoms with Crippen molar-refractivity contribution < 1.29 is 9.53 Å². The summed E-state index contributed by atoms with van der Waals surface area (Å²) in [5, 5.41) is 0. The van der Waals surface area contributed by atoms with Crippen LogP contribution in [0.2, 0.25) is 0 Å². The van der Waals surface area contributed by atoms with Gasteiger partial charge >= 0.3 is 0 Å². The highest BCUT2D eigenvalue weighted by atomic mass is 16.5. The van der Waals surface area contributed by atoms with Crippen LogP contribution in [0.15, 0.2) is 18.2 Å². The number of hydrogen-bond acceptors (Lipinski definition) is 4. The van der Waals surface area contributed by atoms with Crippen LogP contribution in [-0.4, -0.2) is 46.1 Å². The Balaban J connectivity index is 1.93. The third kappa shape index (κ3) is 3.26. The molecule has 1 saturated heterocycles. The Morgan fingerprint density at radius 3 is 2.25 bits per heavy atom. The second kappa shape index (κ2) is 6.85. The molecule has 1 fully saturated rings. The molecule has 0 saturated carbocycles. The molecule has 0 radical (unpaired) electrons. The second-order valence-electron chi connectivity index (χ2n) is 6.50. The number of rotatable bonds is 3. The highest BCUT2D eigenvalue weighted by Gasteiger charge is 2.26. The quantitative estimate of drug-likeness (QED) is 0.869. The molecule has 0 spiro atoms. The molecule has 5 nitrogen and oxygen atoms in total. The maximum Gasteiger partial charge on any atom is 0.254 e. The van der Waals surface area contributed by atoms with E-state index in [1.165, 1.54) is 0 Å². The number of hydrogen-bond donors (Lipinski definition) is 0. The molecule has 1 aliphatic heterocycles. The Labute approximate surface area is 143 Å². The molecule has 5 heteroatoms. The number of ether oxygens (including phenoxy) is 1. The van der Waals surface area contributed by atoms with E-state index < -0.39 is 0 Å². The molecule has 128 valence electrons. The van der Waals surface area contributed by atoms with Crippen LogP contribution >= 0.6 is 0 Å². The lowest BCUT2D eigenvalue weighted by Crippen LogP contribution is -2.48. The molecule has 0 unspecified atom stereocenters. The third-order valence-corrected chi connectivity index (χ3v) is 4.44. The van der Waals surface area contributed by atoms with Gasteiger partial charge in [0.2, 0.25) is 0 Å². The second-order valence-corrected chi connectivity index (χ2v) is 6.50. The molecule has 1 amide bonds. The van der Waals surface area contributed by atoms with Crippen LogP contribution in [0.4, 0.5) is 0 Å². The molecule has 0 N–H and O–H groups in total. The number of fused-ring (bicyclic) bond motifs is 1. The SMILES string of the molecule is CCc1nc2ccc(C(=O)N3C[C@@H](C)O[C@H](C)C3)cc2nc1CC. The first-order valence-electron chi connectivity index (χ1n) is 8.76. The molecule has 2 atom stereocenters. The van der Waals surface area contributed by atoms with Crippen molar-refractivity contribution >= 4 is 16.9 Å². The normalized spacial score (nSPS) is 21.2. The fourth-order valence-electron chi connectivity index (χ4n) is 3.35. The summed E-state index contributed by atoms with van der Waals surface area (Å²) in [6.07, 6.45) is 1.85. The van der Waals surface area contributed by atoms with Crippen molar-refractivity contribution in [1.29, 1.82) is 0 Å². The van der Waals surface area contributed by atoms with Crippen LogP contribution in [-0.2, 0) is 17.6 Å². The fraction of sp³-hybridized carbons (Fsp3) is 0.526. The minimum Gasteiger partial charge on any atom is -0.372 e. The summed E-state index contributed by atoms with van der Waals surface area (Å²) in [5.41, 5.74) is 4.38. The number of morpholine rings is 1. The summed E-state index contributed by atoms with van der Waals surface area (Å²) < 4.78 is 5.71. The van der Waals surface area contributed by atoms with Crippen LogP contribution in [0.3, 0.4) is 0 Å². The van der Waals surface area contributed by atoms with Crippen LogP contribution in [0, 0.1) is 0 Å². The van der Waals surface area contributed by atoms with Gasteiger partial charge in [-0.25, -0.2) is 9.97 Å². The van der Waals surface area contributed by atoms with Crippen molar-refractivity contribution in [2.45, 2.75) is 52.7 Å². The Morgan fingerprint density at radius 2 is 1.67 bits per heavy atom. The number of aromatic nitrogens is 2. The number of benzene rings is 1. The zero-order chi connectivity index (χ0) is 17.3. The van der Waals surface area contributed by atoms with Crippen LogP contribution in [0.25, 0.3) is 11.0 Å². The van der Waals surface area contributed by atoms with Crippen molar-refractivity contribution in [2.75, 3.05) is 13.1 Å². The first kappa shape index (κ1) is 16.8. The smallest absolute Gasteiger partial charge is 0.254 e. The molecule has 1 aromatic heterocycles. The number of carbonyl (C=O) groups excluding carboxylic acids is 1. The van der Waals surface area contributed by atoms with E-state index in [2.05, 4.69) is 13.8 Å². The van der Waals surface area contributed by atoms with Crippen LogP contribution in [0.5, 0.6) is 0 Å². The van der Waals surface area contributed by atoms with E-state index in [0.29, 0.717) is 18.7 Å². The van der Waals surface area contributed by atoms with E-state index in [0.717, 1.165) is 35.3 Å². The molecule has 24 heavy (non-hydrogen) atoms. The average Bonchev–Trinajstić information content (AvgIpc) is 2.58. The van der Waals surface area contributed by atoms with Crippen molar-refractivity contribution in [3.05, 3.63) is 35.2 Å². The summed E-state index contributed by atoms with van der Waals surface area (Å²) in [6.45, 7) is 9.43. The number of nitrogens with zero attached hydrogens (tertiary/aromatic N) is 3. The summed E-state index contributed by atoms with van der Waals surface area (Å²) in [7, 11) is 0. The topological polar surface area (TPSA) is 55.3 Å². The zero-order valence-corrected chi connectivity index (χ0v) is 14.9. The molecule has 1 aliphatic rings. The first-order valence-corrected chi connectivity index (χ1v) is 8.76. The van der Waals surface area contributed by atoms with Crippen molar-refractivity contribution in [3.63, 3.8) is 0 Å². The standard InChI is InChI=1S/C19H25N3O2/c1-5-15-16(6-2)21-18-9-14(7-8-17(18)20-15)19(23)22-10-12(3)24-13(4)11-22/h7-9,12-13H,5-6,10-11H2,1-4H3/t12-,13-/m1/s1. The van der Waals surface area contributed by atoms with Gasteiger partial charge in [0, 0.05) is 18.7 Å². The minimum absolute atomic E-state index is 0.0401. The van der Waals surface area contributed by atoms with Gasteiger partial charge < -0.3 is 9.64 Å². The van der Waals surface area contributed by atoms with E-state index in [-0.39, 0.29) is 18.1 Å². The Bertz CT molecular complexity index is 750. The lowest BCUT2D eigenvalue weighted by atomic mass is 10.1. The van der Waals surface area contributed by atoms with E-state index in [9.17, 15) is 4.79 Å². The highest BCUT2D eigenvalue weighted by Crippen LogP contribution is 2.19. The van der Waals surface area contributed by atoms with Gasteiger partial charge in [-0.05, 0) is 44.9 Å². The van der Waals surface area contributed by atoms with Gasteiger partial charge in [0.15, 0.2) is 0 Å². The molecular formula is C19H25N3O2. The Hall–Kier alpha value is -2.01. The minimum atomic E-state index is 0.0401. The van der Waals surface area contributed by atoms with Gasteiger partial charge in [0.1, 0.15) is 0 Å².